The van der Waals surface area contributed by atoms with Gasteiger partial charge in [-0.25, -0.2) is 19.3 Å². The fourth-order valence-corrected chi connectivity index (χ4v) is 1.26. The van der Waals surface area contributed by atoms with E-state index in [2.05, 4.69) is 30.9 Å². The minimum absolute atomic E-state index is 0.144. The quantitative estimate of drug-likeness (QED) is 0.795. The Kier molecular flexibility index (Phi) is 3.09. The molecule has 6 heteroatoms. The van der Waals surface area contributed by atoms with E-state index in [1.165, 1.54) is 12.3 Å². The van der Waals surface area contributed by atoms with Gasteiger partial charge in [-0.3, -0.25) is 0 Å². The molecular formula is C10H7BrFN3O. The maximum atomic E-state index is 13.1. The smallest absolute Gasteiger partial charge is 0.322 e. The summed E-state index contributed by atoms with van der Waals surface area (Å²) >= 11 is 2.95. The SMILES string of the molecule is Cc1ccnc(Oc2cnc(Br)c(F)c2)n1. The van der Waals surface area contributed by atoms with Crippen molar-refractivity contribution in [2.45, 2.75) is 6.92 Å². The van der Waals surface area contributed by atoms with Gasteiger partial charge >= 0.3 is 6.01 Å². The van der Waals surface area contributed by atoms with Crippen LogP contribution in [0.5, 0.6) is 11.8 Å². The molecule has 0 saturated heterocycles. The third-order valence-electron chi connectivity index (χ3n) is 1.75. The highest BCUT2D eigenvalue weighted by atomic mass is 79.9. The van der Waals surface area contributed by atoms with E-state index >= 15 is 0 Å². The molecule has 2 heterocycles. The van der Waals surface area contributed by atoms with Crippen molar-refractivity contribution < 1.29 is 9.13 Å². The fraction of sp³-hybridized carbons (Fsp3) is 0.100. The molecule has 0 aliphatic rings. The molecule has 16 heavy (non-hydrogen) atoms. The summed E-state index contributed by atoms with van der Waals surface area (Å²) < 4.78 is 18.5. The van der Waals surface area contributed by atoms with Gasteiger partial charge in [0.1, 0.15) is 4.60 Å². The van der Waals surface area contributed by atoms with Crippen LogP contribution < -0.4 is 4.74 Å². The summed E-state index contributed by atoms with van der Waals surface area (Å²) in [5.74, 6) is -0.239. The number of nitrogens with zero attached hydrogens (tertiary/aromatic N) is 3. The Balaban J connectivity index is 2.24. The molecule has 4 nitrogen and oxygen atoms in total. The van der Waals surface area contributed by atoms with Crippen LogP contribution in [-0.2, 0) is 0 Å². The molecule has 2 aromatic heterocycles. The highest BCUT2D eigenvalue weighted by Crippen LogP contribution is 2.21. The van der Waals surface area contributed by atoms with Crippen LogP contribution in [0.4, 0.5) is 4.39 Å². The van der Waals surface area contributed by atoms with E-state index in [1.54, 1.807) is 12.3 Å². The van der Waals surface area contributed by atoms with Crippen molar-refractivity contribution in [3.05, 3.63) is 40.6 Å². The molecule has 0 aliphatic carbocycles. The van der Waals surface area contributed by atoms with Gasteiger partial charge in [0.2, 0.25) is 0 Å². The predicted octanol–water partition coefficient (Wildman–Crippen LogP) is 2.87. The third-order valence-corrected chi connectivity index (χ3v) is 2.34. The Hall–Kier alpha value is -1.56. The zero-order valence-electron chi connectivity index (χ0n) is 8.32. The van der Waals surface area contributed by atoms with E-state index < -0.39 is 5.82 Å². The van der Waals surface area contributed by atoms with Gasteiger partial charge in [0.05, 0.1) is 6.20 Å². The molecule has 0 radical (unpaired) electrons. The molecule has 0 atom stereocenters. The van der Waals surface area contributed by atoms with Crippen LogP contribution in [0.3, 0.4) is 0 Å². The first kappa shape index (κ1) is 10.9. The zero-order chi connectivity index (χ0) is 11.5. The number of aromatic nitrogens is 3. The molecule has 0 bridgehead atoms. The van der Waals surface area contributed by atoms with Gasteiger partial charge in [-0.2, -0.15) is 0 Å². The van der Waals surface area contributed by atoms with Gasteiger partial charge < -0.3 is 4.74 Å². The summed E-state index contributed by atoms with van der Waals surface area (Å²) in [6.45, 7) is 1.81. The number of aryl methyl sites for hydroxylation is 1. The fourth-order valence-electron chi connectivity index (χ4n) is 1.04. The molecule has 0 aliphatic heterocycles. The lowest BCUT2D eigenvalue weighted by molar-refractivity contribution is 0.433. The van der Waals surface area contributed by atoms with E-state index in [0.29, 0.717) is 0 Å². The topological polar surface area (TPSA) is 47.9 Å². The first-order valence-corrected chi connectivity index (χ1v) is 5.23. The molecule has 0 spiro atoms. The Morgan fingerprint density at radius 2 is 2.19 bits per heavy atom. The first-order chi connectivity index (χ1) is 7.65. The van der Waals surface area contributed by atoms with E-state index in [1.807, 2.05) is 6.92 Å². The second-order valence-electron chi connectivity index (χ2n) is 3.03. The average molecular weight is 284 g/mol. The maximum absolute atomic E-state index is 13.1. The largest absolute Gasteiger partial charge is 0.423 e. The van der Waals surface area contributed by atoms with Gasteiger partial charge in [-0.05, 0) is 28.9 Å². The van der Waals surface area contributed by atoms with Crippen LogP contribution in [0.15, 0.2) is 29.1 Å². The van der Waals surface area contributed by atoms with E-state index in [9.17, 15) is 4.39 Å². The molecular weight excluding hydrogens is 277 g/mol. The van der Waals surface area contributed by atoms with Crippen LogP contribution in [0.25, 0.3) is 0 Å². The third kappa shape index (κ3) is 2.52. The van der Waals surface area contributed by atoms with Crippen molar-refractivity contribution in [1.82, 2.24) is 15.0 Å². The molecule has 2 aromatic rings. The molecule has 0 fully saturated rings. The molecule has 0 saturated carbocycles. The number of pyridine rings is 1. The number of hydrogen-bond acceptors (Lipinski definition) is 4. The molecule has 0 amide bonds. The summed E-state index contributed by atoms with van der Waals surface area (Å²) in [6.07, 6.45) is 2.96. The van der Waals surface area contributed by atoms with Gasteiger partial charge in [-0.15, -0.1) is 0 Å². The Labute approximate surface area is 99.7 Å². The lowest BCUT2D eigenvalue weighted by Crippen LogP contribution is -1.94. The van der Waals surface area contributed by atoms with Crippen molar-refractivity contribution in [2.75, 3.05) is 0 Å². The average Bonchev–Trinajstić information content (AvgIpc) is 2.24. The van der Waals surface area contributed by atoms with Crippen molar-refractivity contribution in [1.29, 1.82) is 0 Å². The predicted molar refractivity (Wildman–Crippen MR) is 58.7 cm³/mol. The summed E-state index contributed by atoms with van der Waals surface area (Å²) in [7, 11) is 0. The molecule has 0 unspecified atom stereocenters. The van der Waals surface area contributed by atoms with E-state index in [4.69, 9.17) is 4.74 Å². The van der Waals surface area contributed by atoms with Gasteiger partial charge in [0, 0.05) is 18.0 Å². The monoisotopic (exact) mass is 283 g/mol. The molecule has 0 aromatic carbocycles. The lowest BCUT2D eigenvalue weighted by Gasteiger charge is -2.03. The summed E-state index contributed by atoms with van der Waals surface area (Å²) in [4.78, 5) is 11.7. The van der Waals surface area contributed by atoms with Crippen molar-refractivity contribution in [3.8, 4) is 11.8 Å². The normalized spacial score (nSPS) is 10.2. The van der Waals surface area contributed by atoms with Crippen LogP contribution in [-0.4, -0.2) is 15.0 Å². The van der Waals surface area contributed by atoms with Gasteiger partial charge in [0.25, 0.3) is 0 Å². The summed E-state index contributed by atoms with van der Waals surface area (Å²) in [5.41, 5.74) is 0.774. The lowest BCUT2D eigenvalue weighted by atomic mass is 10.4. The van der Waals surface area contributed by atoms with Crippen LogP contribution >= 0.6 is 15.9 Å². The van der Waals surface area contributed by atoms with Gasteiger partial charge in [0.15, 0.2) is 11.6 Å². The van der Waals surface area contributed by atoms with Crippen LogP contribution in [0.1, 0.15) is 5.69 Å². The second kappa shape index (κ2) is 4.52. The Morgan fingerprint density at radius 3 is 2.88 bits per heavy atom. The maximum Gasteiger partial charge on any atom is 0.322 e. The number of hydrogen-bond donors (Lipinski definition) is 0. The van der Waals surface area contributed by atoms with E-state index in [-0.39, 0.29) is 16.4 Å². The number of rotatable bonds is 2. The van der Waals surface area contributed by atoms with E-state index in [0.717, 1.165) is 5.69 Å². The Bertz CT molecular complexity index is 521. The summed E-state index contributed by atoms with van der Waals surface area (Å²) in [6, 6.07) is 3.12. The molecule has 82 valence electrons. The van der Waals surface area contributed by atoms with Gasteiger partial charge in [-0.1, -0.05) is 0 Å². The molecule has 2 rings (SSSR count). The zero-order valence-corrected chi connectivity index (χ0v) is 9.90. The van der Waals surface area contributed by atoms with Crippen molar-refractivity contribution in [2.24, 2.45) is 0 Å². The number of halogens is 2. The highest BCUT2D eigenvalue weighted by Gasteiger charge is 2.05. The molecule has 0 N–H and O–H groups in total. The standard InChI is InChI=1S/C10H7BrFN3O/c1-6-2-3-13-10(15-6)16-7-4-8(12)9(11)14-5-7/h2-5H,1H3. The number of ether oxygens (including phenoxy) is 1. The van der Waals surface area contributed by atoms with Crippen LogP contribution in [0.2, 0.25) is 0 Å². The van der Waals surface area contributed by atoms with Crippen molar-refractivity contribution >= 4 is 15.9 Å². The summed E-state index contributed by atoms with van der Waals surface area (Å²) in [5, 5.41) is 0. The highest BCUT2D eigenvalue weighted by molar-refractivity contribution is 9.10. The van der Waals surface area contributed by atoms with Crippen LogP contribution in [0, 0.1) is 12.7 Å². The first-order valence-electron chi connectivity index (χ1n) is 4.44. The van der Waals surface area contributed by atoms with Crippen molar-refractivity contribution in [3.63, 3.8) is 0 Å². The second-order valence-corrected chi connectivity index (χ2v) is 3.78. The minimum atomic E-state index is -0.495. The Morgan fingerprint density at radius 1 is 1.38 bits per heavy atom. The minimum Gasteiger partial charge on any atom is -0.423 e.